The molecule has 2 aromatic carbocycles. The van der Waals surface area contributed by atoms with E-state index >= 15 is 0 Å². The molecule has 4 aromatic rings. The number of carbonyl (C=O) groups is 3. The van der Waals surface area contributed by atoms with Crippen LogP contribution in [0.15, 0.2) is 72.9 Å². The predicted molar refractivity (Wildman–Crippen MR) is 160 cm³/mol. The van der Waals surface area contributed by atoms with Gasteiger partial charge in [-0.2, -0.15) is 0 Å². The van der Waals surface area contributed by atoms with E-state index in [-0.39, 0.29) is 30.6 Å². The highest BCUT2D eigenvalue weighted by Gasteiger charge is 2.30. The minimum atomic E-state index is -0.301. The summed E-state index contributed by atoms with van der Waals surface area (Å²) in [5.74, 6) is -0.296. The molecule has 1 N–H and O–H groups in total. The van der Waals surface area contributed by atoms with Gasteiger partial charge in [0.05, 0.1) is 16.9 Å². The van der Waals surface area contributed by atoms with Crippen LogP contribution in [-0.2, 0) is 16.1 Å². The van der Waals surface area contributed by atoms with Gasteiger partial charge >= 0.3 is 0 Å². The predicted octanol–water partition coefficient (Wildman–Crippen LogP) is 5.68. The number of amides is 3. The zero-order chi connectivity index (χ0) is 28.1. The van der Waals surface area contributed by atoms with E-state index in [4.69, 9.17) is 0 Å². The summed E-state index contributed by atoms with van der Waals surface area (Å²) >= 11 is 1.81. The number of carbonyl (C=O) groups excluding carboxylic acids is 3. The van der Waals surface area contributed by atoms with Crippen molar-refractivity contribution in [2.24, 2.45) is 0 Å². The third-order valence-corrected chi connectivity index (χ3v) is 8.26. The first kappa shape index (κ1) is 27.5. The van der Waals surface area contributed by atoms with Crippen molar-refractivity contribution >= 4 is 56.3 Å². The average Bonchev–Trinajstić information content (AvgIpc) is 3.34. The van der Waals surface area contributed by atoms with Crippen LogP contribution in [0.2, 0.25) is 0 Å². The van der Waals surface area contributed by atoms with Gasteiger partial charge in [-0.1, -0.05) is 37.3 Å². The van der Waals surface area contributed by atoms with Crippen molar-refractivity contribution in [3.63, 3.8) is 0 Å². The second kappa shape index (κ2) is 12.4. The number of fused-ring (bicyclic) bond motifs is 3. The number of hydrogen-bond donors (Lipinski definition) is 1. The van der Waals surface area contributed by atoms with Crippen molar-refractivity contribution in [3.05, 3.63) is 83.4 Å². The Balaban J connectivity index is 1.22. The van der Waals surface area contributed by atoms with E-state index in [9.17, 15) is 14.4 Å². The molecule has 0 spiro atoms. The minimum Gasteiger partial charge on any atom is -0.342 e. The number of anilines is 3. The van der Waals surface area contributed by atoms with E-state index in [0.717, 1.165) is 19.6 Å². The van der Waals surface area contributed by atoms with E-state index in [0.29, 0.717) is 35.8 Å². The van der Waals surface area contributed by atoms with Gasteiger partial charge in [-0.3, -0.25) is 24.2 Å². The van der Waals surface area contributed by atoms with Gasteiger partial charge in [-0.05, 0) is 55.3 Å². The van der Waals surface area contributed by atoms with Crippen LogP contribution >= 0.6 is 11.3 Å². The van der Waals surface area contributed by atoms with Crippen molar-refractivity contribution in [1.29, 1.82) is 0 Å². The second-order valence-corrected chi connectivity index (χ2v) is 10.8. The molecule has 0 atom stereocenters. The summed E-state index contributed by atoms with van der Waals surface area (Å²) in [5, 5.41) is 4.10. The van der Waals surface area contributed by atoms with Gasteiger partial charge in [0.2, 0.25) is 11.8 Å². The molecule has 206 valence electrons. The van der Waals surface area contributed by atoms with E-state index in [1.807, 2.05) is 23.2 Å². The van der Waals surface area contributed by atoms with Crippen LogP contribution in [0.4, 0.5) is 17.2 Å². The molecule has 0 unspecified atom stereocenters. The number of benzene rings is 2. The highest BCUT2D eigenvalue weighted by molar-refractivity contribution is 7.19. The normalized spacial score (nSPS) is 12.6. The Morgan fingerprint density at radius 3 is 2.55 bits per heavy atom. The monoisotopic (exact) mass is 555 g/mol. The zero-order valence-electron chi connectivity index (χ0n) is 22.8. The van der Waals surface area contributed by atoms with Crippen molar-refractivity contribution in [3.8, 4) is 0 Å². The van der Waals surface area contributed by atoms with Crippen molar-refractivity contribution in [2.45, 2.75) is 33.2 Å². The number of nitrogens with zero attached hydrogens (tertiary/aromatic N) is 4. The topological polar surface area (TPSA) is 85.9 Å². The van der Waals surface area contributed by atoms with Gasteiger partial charge < -0.3 is 10.2 Å². The average molecular weight is 556 g/mol. The lowest BCUT2D eigenvalue weighted by atomic mass is 10.1. The van der Waals surface area contributed by atoms with E-state index in [2.05, 4.69) is 52.5 Å². The molecule has 0 radical (unpaired) electrons. The fourth-order valence-electron chi connectivity index (χ4n) is 4.98. The Hall–Kier alpha value is -4.08. The van der Waals surface area contributed by atoms with Crippen LogP contribution in [-0.4, -0.2) is 58.7 Å². The molecule has 0 aliphatic carbocycles. The minimum absolute atomic E-state index is 0.00709. The highest BCUT2D eigenvalue weighted by atomic mass is 32.1. The van der Waals surface area contributed by atoms with Crippen molar-refractivity contribution < 1.29 is 14.4 Å². The molecule has 9 heteroatoms. The number of hydrogen-bond acceptors (Lipinski definition) is 6. The standard InChI is InChI=1S/C31H33N5O3S/c1-3-34(21-23-20-22-10-5-8-14-27(22)40-23)18-19-35(4-2)28(37)15-16-29(38)36-26-13-7-6-11-24(26)31(39)33-25-12-9-17-32-30(25)36/h5-14,17,20H,3-4,15-16,18-19,21H2,1-2H3,(H,33,39). The summed E-state index contributed by atoms with van der Waals surface area (Å²) in [5.41, 5.74) is 1.30. The van der Waals surface area contributed by atoms with Crippen LogP contribution in [0.3, 0.4) is 0 Å². The van der Waals surface area contributed by atoms with Gasteiger partial charge in [-0.15, -0.1) is 11.3 Å². The quantitative estimate of drug-likeness (QED) is 0.272. The third-order valence-electron chi connectivity index (χ3n) is 7.16. The first-order valence-electron chi connectivity index (χ1n) is 13.6. The van der Waals surface area contributed by atoms with Crippen LogP contribution in [0.5, 0.6) is 0 Å². The molecule has 2 aromatic heterocycles. The molecular formula is C31H33N5O3S. The van der Waals surface area contributed by atoms with Crippen LogP contribution in [0, 0.1) is 0 Å². The first-order valence-corrected chi connectivity index (χ1v) is 14.5. The summed E-state index contributed by atoms with van der Waals surface area (Å²) in [4.78, 5) is 50.9. The third kappa shape index (κ3) is 5.90. The van der Waals surface area contributed by atoms with E-state index < -0.39 is 0 Å². The Morgan fingerprint density at radius 1 is 0.950 bits per heavy atom. The maximum absolute atomic E-state index is 13.6. The van der Waals surface area contributed by atoms with Crippen LogP contribution in [0.25, 0.3) is 10.1 Å². The van der Waals surface area contributed by atoms with E-state index in [1.165, 1.54) is 19.9 Å². The highest BCUT2D eigenvalue weighted by Crippen LogP contribution is 2.36. The molecule has 0 saturated heterocycles. The lowest BCUT2D eigenvalue weighted by Gasteiger charge is -2.27. The maximum atomic E-state index is 13.6. The first-order chi connectivity index (χ1) is 19.5. The van der Waals surface area contributed by atoms with Gasteiger partial charge in [0.1, 0.15) is 0 Å². The molecule has 3 heterocycles. The Bertz CT molecular complexity index is 1500. The molecule has 1 aliphatic heterocycles. The van der Waals surface area contributed by atoms with E-state index in [1.54, 1.807) is 42.6 Å². The maximum Gasteiger partial charge on any atom is 0.257 e. The summed E-state index contributed by atoms with van der Waals surface area (Å²) in [6.07, 6.45) is 1.67. The Labute approximate surface area is 238 Å². The van der Waals surface area contributed by atoms with Crippen LogP contribution < -0.4 is 10.2 Å². The zero-order valence-corrected chi connectivity index (χ0v) is 23.6. The molecule has 8 nitrogen and oxygen atoms in total. The van der Waals surface area contributed by atoms with Crippen molar-refractivity contribution in [1.82, 2.24) is 14.8 Å². The molecule has 1 aliphatic rings. The number of para-hydroxylation sites is 1. The van der Waals surface area contributed by atoms with Crippen molar-refractivity contribution in [2.75, 3.05) is 36.4 Å². The van der Waals surface area contributed by atoms with Gasteiger partial charge in [0.25, 0.3) is 5.91 Å². The fourth-order valence-corrected chi connectivity index (χ4v) is 6.09. The second-order valence-electron chi connectivity index (χ2n) is 9.67. The number of nitrogens with one attached hydrogen (secondary N) is 1. The molecule has 40 heavy (non-hydrogen) atoms. The summed E-state index contributed by atoms with van der Waals surface area (Å²) < 4.78 is 1.29. The summed E-state index contributed by atoms with van der Waals surface area (Å²) in [7, 11) is 0. The van der Waals surface area contributed by atoms with Crippen LogP contribution in [0.1, 0.15) is 41.9 Å². The van der Waals surface area contributed by atoms with Gasteiger partial charge in [0, 0.05) is 54.8 Å². The molecule has 3 amide bonds. The number of aromatic nitrogens is 1. The number of thiophene rings is 1. The molecule has 0 fully saturated rings. The Kier molecular flexibility index (Phi) is 8.52. The Morgan fingerprint density at radius 2 is 1.75 bits per heavy atom. The fraction of sp³-hybridized carbons (Fsp3) is 0.290. The smallest absolute Gasteiger partial charge is 0.257 e. The van der Waals surface area contributed by atoms with Gasteiger partial charge in [-0.25, -0.2) is 4.98 Å². The largest absolute Gasteiger partial charge is 0.342 e. The number of rotatable bonds is 10. The summed E-state index contributed by atoms with van der Waals surface area (Å²) in [6, 6.07) is 21.0. The lowest BCUT2D eigenvalue weighted by Crippen LogP contribution is -2.39. The lowest BCUT2D eigenvalue weighted by molar-refractivity contribution is -0.133. The number of pyridine rings is 1. The summed E-state index contributed by atoms with van der Waals surface area (Å²) in [6.45, 7) is 7.74. The molecule has 0 saturated carbocycles. The SMILES string of the molecule is CCN(CCN(CC)C(=O)CCC(=O)N1c2ccccc2C(=O)Nc2cccnc21)Cc1cc2ccccc2s1. The number of likely N-dealkylation sites (N-methyl/N-ethyl adjacent to an activating group) is 2. The molecule has 5 rings (SSSR count). The molecule has 0 bridgehead atoms. The van der Waals surface area contributed by atoms with Gasteiger partial charge in [0.15, 0.2) is 5.82 Å². The molecular weight excluding hydrogens is 522 g/mol.